The number of benzene rings is 1. The van der Waals surface area contributed by atoms with Crippen molar-refractivity contribution in [3.63, 3.8) is 0 Å². The van der Waals surface area contributed by atoms with Gasteiger partial charge in [-0.15, -0.1) is 12.4 Å². The normalized spacial score (nSPS) is 25.2. The van der Waals surface area contributed by atoms with E-state index < -0.39 is 6.10 Å². The lowest BCUT2D eigenvalue weighted by molar-refractivity contribution is 0.0544. The van der Waals surface area contributed by atoms with E-state index in [1.54, 1.807) is 6.33 Å². The summed E-state index contributed by atoms with van der Waals surface area (Å²) in [5.74, 6) is 1.21. The molecule has 3 N–H and O–H groups in total. The third kappa shape index (κ3) is 4.37. The Morgan fingerprint density at radius 3 is 2.83 bits per heavy atom. The number of hydrogen-bond acceptors (Lipinski definition) is 7. The van der Waals surface area contributed by atoms with E-state index in [0.29, 0.717) is 37.1 Å². The number of β-amino-alcohol motifs (C(OH)–C–C–N with tert-alkyl or cyclic N) is 1. The minimum absolute atomic E-state index is 0. The van der Waals surface area contributed by atoms with Crippen LogP contribution < -0.4 is 4.90 Å². The summed E-state index contributed by atoms with van der Waals surface area (Å²) in [5.41, 5.74) is 5.20. The number of nitrogens with zero attached hydrogens (tertiary/aromatic N) is 6. The summed E-state index contributed by atoms with van der Waals surface area (Å²) in [7, 11) is 0. The Hall–Kier alpha value is -2.75. The number of rotatable bonds is 4. The number of anilines is 1. The molecule has 4 atom stereocenters. The molecule has 0 radical (unpaired) electrons. The number of fused-ring (bicyclic) bond motifs is 2. The van der Waals surface area contributed by atoms with Crippen LogP contribution in [-0.2, 0) is 0 Å². The molecule has 0 spiro atoms. The van der Waals surface area contributed by atoms with Crippen LogP contribution in [0.1, 0.15) is 45.1 Å². The standard InChI is InChI=1S/C25H31N7O2.ClH/c1-15-3-2-4-18(9-15)32-14-28-19-10-16(5-6-20(19)32)22-23-24(27-13-26-23)30-25(29-22)31-8-7-17(12-33)21(34)11-31;/h5-6,10,13-15,17-18,21,33-34H,2-4,7-9,11-12H2,1H3,(H,26,27,29,30);1H/t15-,17+,18-,21-;/m0./s1. The fourth-order valence-corrected chi connectivity index (χ4v) is 5.67. The SMILES string of the molecule is C[C@H]1CCC[C@H](n2cnc3cc(-c4nc(N5CC[C@H](CO)[C@@H](O)C5)nc5[nH]cnc45)ccc32)C1.Cl. The maximum atomic E-state index is 10.4. The molecule has 0 bridgehead atoms. The summed E-state index contributed by atoms with van der Waals surface area (Å²) < 4.78 is 2.34. The van der Waals surface area contributed by atoms with E-state index >= 15 is 0 Å². The van der Waals surface area contributed by atoms with Crippen LogP contribution in [0, 0.1) is 11.8 Å². The van der Waals surface area contributed by atoms with Gasteiger partial charge < -0.3 is 24.7 Å². The van der Waals surface area contributed by atoms with Crippen LogP contribution in [0.4, 0.5) is 5.95 Å². The Labute approximate surface area is 210 Å². The summed E-state index contributed by atoms with van der Waals surface area (Å²) in [6.45, 7) is 3.42. The van der Waals surface area contributed by atoms with Gasteiger partial charge in [-0.25, -0.2) is 15.0 Å². The van der Waals surface area contributed by atoms with Crippen molar-refractivity contribution in [2.24, 2.45) is 11.8 Å². The highest BCUT2D eigenvalue weighted by atomic mass is 35.5. The number of aliphatic hydroxyl groups is 2. The Balaban J connectivity index is 0.00000253. The van der Waals surface area contributed by atoms with Gasteiger partial charge in [-0.2, -0.15) is 4.98 Å². The third-order valence-corrected chi connectivity index (χ3v) is 7.66. The molecule has 3 aromatic heterocycles. The minimum Gasteiger partial charge on any atom is -0.396 e. The molecule has 0 unspecified atom stereocenters. The van der Waals surface area contributed by atoms with Crippen LogP contribution in [0.25, 0.3) is 33.5 Å². The van der Waals surface area contributed by atoms with Gasteiger partial charge in [0.2, 0.25) is 5.95 Å². The van der Waals surface area contributed by atoms with E-state index in [1.165, 1.54) is 25.7 Å². The first-order valence-corrected chi connectivity index (χ1v) is 12.3. The first kappa shape index (κ1) is 24.0. The second-order valence-electron chi connectivity index (χ2n) is 10.00. The molecule has 1 aliphatic heterocycles. The number of imidazole rings is 2. The van der Waals surface area contributed by atoms with E-state index in [9.17, 15) is 10.2 Å². The first-order chi connectivity index (χ1) is 16.6. The van der Waals surface area contributed by atoms with Crippen LogP contribution in [0.3, 0.4) is 0 Å². The molecular formula is C25H32ClN7O2. The number of H-pyrrole nitrogens is 1. The molecule has 1 aromatic carbocycles. The van der Waals surface area contributed by atoms with Crippen molar-refractivity contribution in [2.75, 3.05) is 24.6 Å². The molecule has 10 heteroatoms. The number of piperidine rings is 1. The number of aromatic amines is 1. The highest BCUT2D eigenvalue weighted by Gasteiger charge is 2.29. The Morgan fingerprint density at radius 2 is 2.03 bits per heavy atom. The summed E-state index contributed by atoms with van der Waals surface area (Å²) in [6, 6.07) is 6.84. The van der Waals surface area contributed by atoms with Crippen molar-refractivity contribution >= 4 is 40.6 Å². The van der Waals surface area contributed by atoms with Crippen molar-refractivity contribution in [1.82, 2.24) is 29.5 Å². The number of aromatic nitrogens is 6. The lowest BCUT2D eigenvalue weighted by atomic mass is 9.87. The lowest BCUT2D eigenvalue weighted by Gasteiger charge is -2.35. The highest BCUT2D eigenvalue weighted by Crippen LogP contribution is 2.35. The first-order valence-electron chi connectivity index (χ1n) is 12.3. The molecule has 6 rings (SSSR count). The van der Waals surface area contributed by atoms with Gasteiger partial charge in [-0.05, 0) is 37.3 Å². The molecular weight excluding hydrogens is 466 g/mol. The van der Waals surface area contributed by atoms with E-state index in [-0.39, 0.29) is 24.9 Å². The van der Waals surface area contributed by atoms with E-state index in [0.717, 1.165) is 33.7 Å². The van der Waals surface area contributed by atoms with Crippen molar-refractivity contribution in [1.29, 1.82) is 0 Å². The summed E-state index contributed by atoms with van der Waals surface area (Å²) in [6.07, 6.45) is 8.71. The van der Waals surface area contributed by atoms with E-state index in [2.05, 4.69) is 44.6 Å². The molecule has 35 heavy (non-hydrogen) atoms. The molecule has 1 saturated heterocycles. The average molecular weight is 498 g/mol. The molecule has 9 nitrogen and oxygen atoms in total. The molecule has 4 heterocycles. The van der Waals surface area contributed by atoms with Crippen LogP contribution >= 0.6 is 12.4 Å². The van der Waals surface area contributed by atoms with Gasteiger partial charge in [-0.3, -0.25) is 0 Å². The number of halogens is 1. The van der Waals surface area contributed by atoms with Crippen molar-refractivity contribution in [3.8, 4) is 11.3 Å². The third-order valence-electron chi connectivity index (χ3n) is 7.66. The zero-order valence-electron chi connectivity index (χ0n) is 19.8. The topological polar surface area (TPSA) is 116 Å². The van der Waals surface area contributed by atoms with E-state index in [1.807, 2.05) is 11.2 Å². The Bertz CT molecular complexity index is 1320. The zero-order valence-corrected chi connectivity index (χ0v) is 20.7. The summed E-state index contributed by atoms with van der Waals surface area (Å²) in [5, 5.41) is 19.9. The van der Waals surface area contributed by atoms with Crippen LogP contribution in [-0.4, -0.2) is 65.5 Å². The van der Waals surface area contributed by atoms with Gasteiger partial charge in [-0.1, -0.05) is 25.8 Å². The van der Waals surface area contributed by atoms with Gasteiger partial charge in [0, 0.05) is 37.2 Å². The fourth-order valence-electron chi connectivity index (χ4n) is 5.67. The Kier molecular flexibility index (Phi) is 6.65. The molecule has 2 fully saturated rings. The minimum atomic E-state index is -0.605. The van der Waals surface area contributed by atoms with E-state index in [4.69, 9.17) is 9.97 Å². The van der Waals surface area contributed by atoms with Crippen molar-refractivity contribution in [3.05, 3.63) is 30.9 Å². The largest absolute Gasteiger partial charge is 0.396 e. The second kappa shape index (κ2) is 9.72. The van der Waals surface area contributed by atoms with Gasteiger partial charge in [0.15, 0.2) is 5.65 Å². The highest BCUT2D eigenvalue weighted by molar-refractivity contribution is 5.91. The monoisotopic (exact) mass is 497 g/mol. The predicted octanol–water partition coefficient (Wildman–Crippen LogP) is 3.72. The van der Waals surface area contributed by atoms with Gasteiger partial charge in [0.25, 0.3) is 0 Å². The smallest absolute Gasteiger partial charge is 0.228 e. The molecule has 0 amide bonds. The second-order valence-corrected chi connectivity index (χ2v) is 10.00. The quantitative estimate of drug-likeness (QED) is 0.393. The van der Waals surface area contributed by atoms with Crippen LogP contribution in [0.2, 0.25) is 0 Å². The van der Waals surface area contributed by atoms with Gasteiger partial charge in [0.1, 0.15) is 11.2 Å². The molecule has 1 aliphatic carbocycles. The van der Waals surface area contributed by atoms with Gasteiger partial charge in [0.05, 0.1) is 29.8 Å². The summed E-state index contributed by atoms with van der Waals surface area (Å²) in [4.78, 5) is 23.9. The number of nitrogens with one attached hydrogen (secondary N) is 1. The van der Waals surface area contributed by atoms with Crippen molar-refractivity contribution < 1.29 is 10.2 Å². The number of aliphatic hydroxyl groups excluding tert-OH is 2. The molecule has 4 aromatic rings. The summed E-state index contributed by atoms with van der Waals surface area (Å²) >= 11 is 0. The van der Waals surface area contributed by atoms with Crippen LogP contribution in [0.15, 0.2) is 30.9 Å². The molecule has 1 saturated carbocycles. The zero-order chi connectivity index (χ0) is 23.2. The average Bonchev–Trinajstić information content (AvgIpc) is 3.50. The van der Waals surface area contributed by atoms with Crippen molar-refractivity contribution in [2.45, 2.75) is 51.2 Å². The molecule has 2 aliphatic rings. The number of hydrogen-bond donors (Lipinski definition) is 3. The Morgan fingerprint density at radius 1 is 1.14 bits per heavy atom. The maximum absolute atomic E-state index is 10.4. The lowest BCUT2D eigenvalue weighted by Crippen LogP contribution is -2.45. The van der Waals surface area contributed by atoms with Crippen LogP contribution in [0.5, 0.6) is 0 Å². The van der Waals surface area contributed by atoms with Gasteiger partial charge >= 0.3 is 0 Å². The maximum Gasteiger partial charge on any atom is 0.228 e. The predicted molar refractivity (Wildman–Crippen MR) is 138 cm³/mol. The fraction of sp³-hybridized carbons (Fsp3) is 0.520. The molecule has 186 valence electrons.